The third-order valence-corrected chi connectivity index (χ3v) is 12.7. The number of hydrogen-bond acceptors (Lipinski definition) is 7. The van der Waals surface area contributed by atoms with E-state index < -0.39 is 26.5 Å². The molecule has 0 heterocycles. The van der Waals surface area contributed by atoms with Crippen molar-refractivity contribution in [3.05, 3.63) is 12.2 Å². The van der Waals surface area contributed by atoms with Gasteiger partial charge in [0, 0.05) is 19.4 Å². The predicted octanol–water partition coefficient (Wildman–Crippen LogP) is 15.3. The van der Waals surface area contributed by atoms with E-state index in [0.29, 0.717) is 6.42 Å². The van der Waals surface area contributed by atoms with Gasteiger partial charge in [-0.25, -0.2) is 4.57 Å². The smallest absolute Gasteiger partial charge is 0.463 e. The summed E-state index contributed by atoms with van der Waals surface area (Å²) in [5.74, 6) is -0.503. The van der Waals surface area contributed by atoms with Crippen molar-refractivity contribution in [3.8, 4) is 0 Å². The van der Waals surface area contributed by atoms with Gasteiger partial charge in [0.25, 0.3) is 0 Å². The molecule has 0 spiro atoms. The molecule has 0 fully saturated rings. The van der Waals surface area contributed by atoms with Crippen molar-refractivity contribution in [1.29, 1.82) is 0 Å². The Kier molecular flexibility index (Phi) is 47.2. The fourth-order valence-electron chi connectivity index (χ4n) is 7.73. The van der Waals surface area contributed by atoms with Crippen LogP contribution in [0.2, 0.25) is 0 Å². The van der Waals surface area contributed by atoms with Crippen molar-refractivity contribution < 1.29 is 37.9 Å². The Hall–Kier alpha value is -1.25. The lowest BCUT2D eigenvalue weighted by Gasteiger charge is -2.15. The number of hydrogen-bond donors (Lipinski definition) is 3. The number of aliphatic hydroxyl groups excluding tert-OH is 1. The lowest BCUT2D eigenvalue weighted by Crippen LogP contribution is -2.27. The Morgan fingerprint density at radius 3 is 1.23 bits per heavy atom. The molecule has 0 aromatic rings. The van der Waals surface area contributed by atoms with Gasteiger partial charge in [-0.15, -0.1) is 0 Å². The average Bonchev–Trinajstić information content (AvgIpc) is 3.25. The maximum Gasteiger partial charge on any atom is 0.472 e. The number of unbranched alkanes of at least 4 members (excludes halogenated alkanes) is 35. The molecule has 0 aromatic carbocycles. The molecular formula is C51H100NO8P. The maximum absolute atomic E-state index is 12.1. The fourth-order valence-corrected chi connectivity index (χ4v) is 8.49. The molecule has 0 aliphatic carbocycles. The largest absolute Gasteiger partial charge is 0.472 e. The molecule has 0 bridgehead atoms. The zero-order valence-electron chi connectivity index (χ0n) is 40.1. The standard InChI is InChI=1S/C51H100NO8P/c1-3-5-7-9-11-13-15-17-19-21-23-24-26-28-30-32-34-36-38-40-42-44-51(55)58-47-49(53)48-60-61(56,57)59-46-45-52-50(54)43-41-39-37-35-33-31-29-27-25-22-20-18-16-14-12-10-8-6-4-2/h17,19,49,53H,3-16,18,20-48H2,1-2H3,(H,52,54)(H,56,57)/b19-17+. The maximum atomic E-state index is 12.1. The van der Waals surface area contributed by atoms with Gasteiger partial charge in [0.05, 0.1) is 13.2 Å². The van der Waals surface area contributed by atoms with Crippen molar-refractivity contribution in [3.63, 3.8) is 0 Å². The number of phosphoric ester groups is 1. The highest BCUT2D eigenvalue weighted by molar-refractivity contribution is 7.47. The van der Waals surface area contributed by atoms with Crippen LogP contribution < -0.4 is 5.32 Å². The first kappa shape index (κ1) is 59.8. The minimum absolute atomic E-state index is 0.0872. The number of allylic oxidation sites excluding steroid dienone is 2. The summed E-state index contributed by atoms with van der Waals surface area (Å²) in [5.41, 5.74) is 0. The van der Waals surface area contributed by atoms with Crippen LogP contribution in [0.3, 0.4) is 0 Å². The minimum Gasteiger partial charge on any atom is -0.463 e. The molecule has 1 amide bonds. The highest BCUT2D eigenvalue weighted by Gasteiger charge is 2.23. The molecule has 2 unspecified atom stereocenters. The summed E-state index contributed by atoms with van der Waals surface area (Å²) in [5, 5.41) is 12.8. The first-order valence-electron chi connectivity index (χ1n) is 26.2. The molecule has 0 aromatic heterocycles. The molecule has 61 heavy (non-hydrogen) atoms. The third kappa shape index (κ3) is 49.6. The van der Waals surface area contributed by atoms with Crippen LogP contribution in [0.4, 0.5) is 0 Å². The number of nitrogens with one attached hydrogen (secondary N) is 1. The van der Waals surface area contributed by atoms with Gasteiger partial charge in [-0.2, -0.15) is 0 Å². The van der Waals surface area contributed by atoms with Gasteiger partial charge in [0.1, 0.15) is 12.7 Å². The summed E-state index contributed by atoms with van der Waals surface area (Å²) < 4.78 is 27.0. The van der Waals surface area contributed by atoms with E-state index in [4.69, 9.17) is 13.8 Å². The second-order valence-electron chi connectivity index (χ2n) is 17.9. The van der Waals surface area contributed by atoms with E-state index in [2.05, 4.69) is 31.3 Å². The summed E-state index contributed by atoms with van der Waals surface area (Å²) in [6, 6.07) is 0. The van der Waals surface area contributed by atoms with Gasteiger partial charge in [0.15, 0.2) is 0 Å². The van der Waals surface area contributed by atoms with Crippen LogP contribution in [0.15, 0.2) is 12.2 Å². The van der Waals surface area contributed by atoms with Crippen LogP contribution in [0.5, 0.6) is 0 Å². The molecule has 0 saturated heterocycles. The molecule has 2 atom stereocenters. The predicted molar refractivity (Wildman–Crippen MR) is 257 cm³/mol. The van der Waals surface area contributed by atoms with Crippen LogP contribution in [-0.2, 0) is 27.9 Å². The Labute approximate surface area is 377 Å². The van der Waals surface area contributed by atoms with E-state index in [1.807, 2.05) is 0 Å². The molecule has 362 valence electrons. The van der Waals surface area contributed by atoms with E-state index in [-0.39, 0.29) is 32.1 Å². The zero-order valence-corrected chi connectivity index (χ0v) is 41.0. The average molecular weight is 886 g/mol. The van der Waals surface area contributed by atoms with E-state index in [1.165, 1.54) is 205 Å². The quantitative estimate of drug-likeness (QED) is 0.0238. The van der Waals surface area contributed by atoms with Crippen LogP contribution in [0.25, 0.3) is 0 Å². The van der Waals surface area contributed by atoms with Gasteiger partial charge < -0.3 is 20.1 Å². The lowest BCUT2D eigenvalue weighted by molar-refractivity contribution is -0.147. The Morgan fingerprint density at radius 1 is 0.492 bits per heavy atom. The van der Waals surface area contributed by atoms with E-state index in [1.54, 1.807) is 0 Å². The first-order valence-corrected chi connectivity index (χ1v) is 27.7. The first-order chi connectivity index (χ1) is 29.8. The van der Waals surface area contributed by atoms with Crippen LogP contribution in [0.1, 0.15) is 271 Å². The molecule has 0 aliphatic heterocycles. The normalized spacial score (nSPS) is 13.2. The van der Waals surface area contributed by atoms with Crippen LogP contribution >= 0.6 is 7.82 Å². The Morgan fingerprint density at radius 2 is 0.836 bits per heavy atom. The highest BCUT2D eigenvalue weighted by atomic mass is 31.2. The summed E-state index contributed by atoms with van der Waals surface area (Å²) in [7, 11) is -4.42. The number of amides is 1. The van der Waals surface area contributed by atoms with Gasteiger partial charge >= 0.3 is 13.8 Å². The molecule has 0 rings (SSSR count). The summed E-state index contributed by atoms with van der Waals surface area (Å²) in [6.07, 6.45) is 52.9. The molecule has 9 nitrogen and oxygen atoms in total. The second-order valence-corrected chi connectivity index (χ2v) is 19.3. The summed E-state index contributed by atoms with van der Waals surface area (Å²) in [4.78, 5) is 34.1. The zero-order chi connectivity index (χ0) is 44.6. The SMILES string of the molecule is CCCCCCCC/C=C/CCCCCCCCCCCCCC(=O)OCC(O)COP(=O)(O)OCCNC(=O)CCCCCCCCCCCCCCCCCCCCC. The van der Waals surface area contributed by atoms with Crippen molar-refractivity contribution in [2.24, 2.45) is 0 Å². The monoisotopic (exact) mass is 886 g/mol. The fraction of sp³-hybridized carbons (Fsp3) is 0.922. The molecule has 0 saturated carbocycles. The van der Waals surface area contributed by atoms with Crippen LogP contribution in [-0.4, -0.2) is 54.3 Å². The van der Waals surface area contributed by atoms with Crippen LogP contribution in [0, 0.1) is 0 Å². The second kappa shape index (κ2) is 48.2. The number of ether oxygens (including phenoxy) is 1. The summed E-state index contributed by atoms with van der Waals surface area (Å²) >= 11 is 0. The number of aliphatic hydroxyl groups is 1. The molecule has 0 radical (unpaired) electrons. The number of carbonyl (C=O) groups is 2. The van der Waals surface area contributed by atoms with Crippen molar-refractivity contribution in [2.45, 2.75) is 277 Å². The lowest BCUT2D eigenvalue weighted by atomic mass is 10.0. The Balaban J connectivity index is 3.51. The van der Waals surface area contributed by atoms with Gasteiger partial charge in [-0.1, -0.05) is 231 Å². The Bertz CT molecular complexity index is 1010. The van der Waals surface area contributed by atoms with Crippen molar-refractivity contribution in [1.82, 2.24) is 5.32 Å². The van der Waals surface area contributed by atoms with E-state index in [0.717, 1.165) is 38.5 Å². The molecule has 10 heteroatoms. The van der Waals surface area contributed by atoms with Gasteiger partial charge in [0.2, 0.25) is 5.91 Å². The van der Waals surface area contributed by atoms with Gasteiger partial charge in [-0.05, 0) is 38.5 Å². The third-order valence-electron chi connectivity index (χ3n) is 11.7. The molecular weight excluding hydrogens is 786 g/mol. The minimum atomic E-state index is -4.42. The number of carbonyl (C=O) groups excluding carboxylic acids is 2. The molecule has 0 aliphatic rings. The van der Waals surface area contributed by atoms with Crippen molar-refractivity contribution >= 4 is 19.7 Å². The van der Waals surface area contributed by atoms with Gasteiger partial charge in [-0.3, -0.25) is 18.6 Å². The van der Waals surface area contributed by atoms with E-state index in [9.17, 15) is 24.2 Å². The highest BCUT2D eigenvalue weighted by Crippen LogP contribution is 2.42. The molecule has 3 N–H and O–H groups in total. The number of rotatable bonds is 50. The topological polar surface area (TPSA) is 131 Å². The number of phosphoric acid groups is 1. The number of esters is 1. The van der Waals surface area contributed by atoms with Crippen molar-refractivity contribution in [2.75, 3.05) is 26.4 Å². The summed E-state index contributed by atoms with van der Waals surface area (Å²) in [6.45, 7) is 3.61. The van der Waals surface area contributed by atoms with E-state index >= 15 is 0 Å².